The number of hydrogen-bond acceptors (Lipinski definition) is 2. The molecule has 122 valence electrons. The van der Waals surface area contributed by atoms with E-state index < -0.39 is 6.10 Å². The lowest BCUT2D eigenvalue weighted by molar-refractivity contribution is -0.122. The summed E-state index contributed by atoms with van der Waals surface area (Å²) in [5.74, 6) is 0.256. The minimum atomic E-state index is -0.676. The van der Waals surface area contributed by atoms with Gasteiger partial charge in [0.25, 0.3) is 5.91 Å². The zero-order valence-corrected chi connectivity index (χ0v) is 13.7. The largest absolute Gasteiger partial charge is 0.481 e. The third kappa shape index (κ3) is 4.55. The molecule has 0 unspecified atom stereocenters. The highest BCUT2D eigenvalue weighted by Crippen LogP contribution is 2.26. The van der Waals surface area contributed by atoms with Crippen molar-refractivity contribution in [2.75, 3.05) is 5.32 Å². The molecule has 0 fully saturated rings. The van der Waals surface area contributed by atoms with Crippen LogP contribution in [0, 0.1) is 5.82 Å². The lowest BCUT2D eigenvalue weighted by Gasteiger charge is -2.18. The van der Waals surface area contributed by atoms with E-state index in [4.69, 9.17) is 4.74 Å². The second kappa shape index (κ2) is 7.77. The maximum Gasteiger partial charge on any atom is 0.265 e. The molecule has 0 saturated carbocycles. The van der Waals surface area contributed by atoms with Gasteiger partial charge in [-0.15, -0.1) is 0 Å². The maximum absolute atomic E-state index is 12.9. The van der Waals surface area contributed by atoms with E-state index in [0.717, 1.165) is 17.7 Å². The lowest BCUT2D eigenvalue weighted by atomic mass is 9.97. The van der Waals surface area contributed by atoms with E-state index in [1.54, 1.807) is 6.92 Å². The lowest BCUT2D eigenvalue weighted by Crippen LogP contribution is -2.30. The van der Waals surface area contributed by atoms with Crippen LogP contribution in [-0.4, -0.2) is 12.0 Å². The van der Waals surface area contributed by atoms with Gasteiger partial charge in [0, 0.05) is 5.69 Å². The van der Waals surface area contributed by atoms with Crippen molar-refractivity contribution in [2.24, 2.45) is 0 Å². The van der Waals surface area contributed by atoms with Crippen LogP contribution in [0.5, 0.6) is 5.75 Å². The summed E-state index contributed by atoms with van der Waals surface area (Å²) in [5, 5.41) is 2.92. The molecule has 2 aromatic carbocycles. The Bertz CT molecular complexity index is 655. The molecule has 1 N–H and O–H groups in total. The number of nitrogens with one attached hydrogen (secondary N) is 1. The summed E-state index contributed by atoms with van der Waals surface area (Å²) in [6.45, 7) is 5.91. The van der Waals surface area contributed by atoms with Crippen LogP contribution in [-0.2, 0) is 4.79 Å². The minimum Gasteiger partial charge on any atom is -0.481 e. The van der Waals surface area contributed by atoms with Crippen LogP contribution in [0.2, 0.25) is 0 Å². The van der Waals surface area contributed by atoms with Gasteiger partial charge in [-0.05, 0) is 55.2 Å². The van der Waals surface area contributed by atoms with Crippen molar-refractivity contribution in [1.82, 2.24) is 0 Å². The third-order valence-electron chi connectivity index (χ3n) is 3.86. The zero-order valence-electron chi connectivity index (χ0n) is 13.7. The number of carbonyl (C=O) groups is 1. The van der Waals surface area contributed by atoms with Gasteiger partial charge in [-0.1, -0.05) is 32.0 Å². The SMILES string of the molecule is CC[C@@H](C)c1ccccc1NC(=O)[C@@H](C)Oc1ccc(F)cc1. The number of amides is 1. The van der Waals surface area contributed by atoms with E-state index in [1.165, 1.54) is 24.3 Å². The van der Waals surface area contributed by atoms with Crippen molar-refractivity contribution >= 4 is 11.6 Å². The van der Waals surface area contributed by atoms with E-state index in [9.17, 15) is 9.18 Å². The summed E-state index contributed by atoms with van der Waals surface area (Å²) >= 11 is 0. The van der Waals surface area contributed by atoms with Crippen molar-refractivity contribution in [3.8, 4) is 5.75 Å². The number of anilines is 1. The quantitative estimate of drug-likeness (QED) is 0.835. The number of ether oxygens (including phenoxy) is 1. The zero-order chi connectivity index (χ0) is 16.8. The van der Waals surface area contributed by atoms with Crippen molar-refractivity contribution in [3.63, 3.8) is 0 Å². The van der Waals surface area contributed by atoms with Gasteiger partial charge in [0.05, 0.1) is 0 Å². The first-order valence-electron chi connectivity index (χ1n) is 7.83. The first kappa shape index (κ1) is 17.0. The van der Waals surface area contributed by atoms with Crippen molar-refractivity contribution < 1.29 is 13.9 Å². The molecule has 0 aliphatic rings. The average molecular weight is 315 g/mol. The number of hydrogen-bond donors (Lipinski definition) is 1. The predicted molar refractivity (Wildman–Crippen MR) is 90.3 cm³/mol. The first-order valence-corrected chi connectivity index (χ1v) is 7.83. The highest BCUT2D eigenvalue weighted by Gasteiger charge is 2.17. The molecule has 0 aliphatic carbocycles. The smallest absolute Gasteiger partial charge is 0.265 e. The van der Waals surface area contributed by atoms with Gasteiger partial charge >= 0.3 is 0 Å². The van der Waals surface area contributed by atoms with E-state index in [-0.39, 0.29) is 11.7 Å². The number of benzene rings is 2. The number of rotatable bonds is 6. The van der Waals surface area contributed by atoms with Gasteiger partial charge in [-0.25, -0.2) is 4.39 Å². The van der Waals surface area contributed by atoms with E-state index in [1.807, 2.05) is 24.3 Å². The standard InChI is InChI=1S/C19H22FNO2/c1-4-13(2)17-7-5-6-8-18(17)21-19(22)14(3)23-16-11-9-15(20)10-12-16/h5-14H,4H2,1-3H3,(H,21,22)/t13-,14-/m1/s1. The Labute approximate surface area is 136 Å². The molecule has 2 rings (SSSR count). The minimum absolute atomic E-state index is 0.231. The van der Waals surface area contributed by atoms with Gasteiger partial charge in [0.15, 0.2) is 6.10 Å². The van der Waals surface area contributed by atoms with Crippen molar-refractivity contribution in [1.29, 1.82) is 0 Å². The molecule has 3 nitrogen and oxygen atoms in total. The van der Waals surface area contributed by atoms with Crippen LogP contribution < -0.4 is 10.1 Å². The van der Waals surface area contributed by atoms with Crippen LogP contribution in [0.1, 0.15) is 38.7 Å². The summed E-state index contributed by atoms with van der Waals surface area (Å²) in [5.41, 5.74) is 1.92. The molecule has 0 bridgehead atoms. The van der Waals surface area contributed by atoms with E-state index in [0.29, 0.717) is 11.7 Å². The number of halogens is 1. The molecule has 0 heterocycles. The van der Waals surface area contributed by atoms with Crippen molar-refractivity contribution in [3.05, 3.63) is 59.9 Å². The molecule has 0 radical (unpaired) electrons. The van der Waals surface area contributed by atoms with E-state index >= 15 is 0 Å². The number of para-hydroxylation sites is 1. The fourth-order valence-corrected chi connectivity index (χ4v) is 2.27. The highest BCUT2D eigenvalue weighted by atomic mass is 19.1. The van der Waals surface area contributed by atoms with Crippen LogP contribution in [0.15, 0.2) is 48.5 Å². The summed E-state index contributed by atoms with van der Waals surface area (Å²) in [7, 11) is 0. The predicted octanol–water partition coefficient (Wildman–Crippen LogP) is 4.75. The Balaban J connectivity index is 2.05. The second-order valence-corrected chi connectivity index (χ2v) is 5.60. The second-order valence-electron chi connectivity index (χ2n) is 5.60. The Morgan fingerprint density at radius 2 is 1.78 bits per heavy atom. The summed E-state index contributed by atoms with van der Waals surface area (Å²) in [6.07, 6.45) is 0.319. The molecular formula is C19H22FNO2. The molecular weight excluding hydrogens is 293 g/mol. The molecule has 23 heavy (non-hydrogen) atoms. The first-order chi connectivity index (χ1) is 11.0. The Kier molecular flexibility index (Phi) is 5.74. The molecule has 4 heteroatoms. The molecule has 0 spiro atoms. The summed E-state index contributed by atoms with van der Waals surface area (Å²) < 4.78 is 18.4. The monoisotopic (exact) mass is 315 g/mol. The molecule has 1 amide bonds. The third-order valence-corrected chi connectivity index (χ3v) is 3.86. The molecule has 0 saturated heterocycles. The molecule has 0 aromatic heterocycles. The Morgan fingerprint density at radius 1 is 1.13 bits per heavy atom. The summed E-state index contributed by atoms with van der Waals surface area (Å²) in [4.78, 5) is 12.3. The van der Waals surface area contributed by atoms with Gasteiger partial charge in [-0.3, -0.25) is 4.79 Å². The topological polar surface area (TPSA) is 38.3 Å². The highest BCUT2D eigenvalue weighted by molar-refractivity contribution is 5.94. The van der Waals surface area contributed by atoms with Gasteiger partial charge in [0.1, 0.15) is 11.6 Å². The van der Waals surface area contributed by atoms with Crippen LogP contribution in [0.4, 0.5) is 10.1 Å². The van der Waals surface area contributed by atoms with E-state index in [2.05, 4.69) is 19.2 Å². The van der Waals surface area contributed by atoms with Crippen LogP contribution in [0.25, 0.3) is 0 Å². The normalized spacial score (nSPS) is 13.2. The average Bonchev–Trinajstić information content (AvgIpc) is 2.56. The fourth-order valence-electron chi connectivity index (χ4n) is 2.27. The van der Waals surface area contributed by atoms with Gasteiger partial charge in [-0.2, -0.15) is 0 Å². The molecule has 0 aliphatic heterocycles. The van der Waals surface area contributed by atoms with Crippen molar-refractivity contribution in [2.45, 2.75) is 39.2 Å². The van der Waals surface area contributed by atoms with Crippen LogP contribution in [0.3, 0.4) is 0 Å². The molecule has 2 atom stereocenters. The fraction of sp³-hybridized carbons (Fsp3) is 0.316. The maximum atomic E-state index is 12.9. The van der Waals surface area contributed by atoms with Gasteiger partial charge in [0.2, 0.25) is 0 Å². The number of carbonyl (C=O) groups excluding carboxylic acids is 1. The van der Waals surface area contributed by atoms with Crippen LogP contribution >= 0.6 is 0 Å². The van der Waals surface area contributed by atoms with Gasteiger partial charge < -0.3 is 10.1 Å². The molecule has 2 aromatic rings. The Hall–Kier alpha value is -2.36. The summed E-state index contributed by atoms with van der Waals surface area (Å²) in [6, 6.07) is 13.4. The Morgan fingerprint density at radius 3 is 2.43 bits per heavy atom.